The molecule has 4 heteroatoms. The Morgan fingerprint density at radius 1 is 1.47 bits per heavy atom. The molecule has 102 valence electrons. The number of aliphatic carboxylic acids is 1. The van der Waals surface area contributed by atoms with Crippen LogP contribution in [0.4, 0.5) is 0 Å². The van der Waals surface area contributed by atoms with E-state index in [1.165, 1.54) is 0 Å². The smallest absolute Gasteiger partial charge is 0.310 e. The van der Waals surface area contributed by atoms with Crippen molar-refractivity contribution < 1.29 is 19.8 Å². The molecule has 1 aliphatic carbocycles. The van der Waals surface area contributed by atoms with Gasteiger partial charge in [0.2, 0.25) is 0 Å². The third kappa shape index (κ3) is 2.84. The number of carboxylic acids is 1. The molecule has 2 unspecified atom stereocenters. The second kappa shape index (κ2) is 5.13. The van der Waals surface area contributed by atoms with Crippen LogP contribution < -0.4 is 0 Å². The molecule has 0 amide bonds. The highest BCUT2D eigenvalue weighted by atomic mass is 16.4. The molecule has 0 radical (unpaired) electrons. The number of benzene rings is 1. The fraction of sp³-hybridized carbons (Fsp3) is 0.467. The second-order valence-electron chi connectivity index (χ2n) is 5.29. The Morgan fingerprint density at radius 2 is 2.21 bits per heavy atom. The van der Waals surface area contributed by atoms with Crippen LogP contribution in [0.3, 0.4) is 0 Å². The van der Waals surface area contributed by atoms with Gasteiger partial charge < -0.3 is 10.2 Å². The Balaban J connectivity index is 2.20. The third-order valence-electron chi connectivity index (χ3n) is 3.83. The number of carboxylic acid groups (broad SMARTS) is 1. The lowest BCUT2D eigenvalue weighted by Crippen LogP contribution is -2.35. The van der Waals surface area contributed by atoms with Gasteiger partial charge in [-0.25, -0.2) is 0 Å². The van der Waals surface area contributed by atoms with Gasteiger partial charge in [0, 0.05) is 12.8 Å². The summed E-state index contributed by atoms with van der Waals surface area (Å²) in [6, 6.07) is 7.11. The topological polar surface area (TPSA) is 74.6 Å². The number of ketones is 1. The van der Waals surface area contributed by atoms with Gasteiger partial charge in [0.1, 0.15) is 5.60 Å². The summed E-state index contributed by atoms with van der Waals surface area (Å²) >= 11 is 0. The van der Waals surface area contributed by atoms with Gasteiger partial charge in [-0.15, -0.1) is 0 Å². The maximum atomic E-state index is 11.7. The number of carbonyl (C=O) groups excluding carboxylic acids is 1. The highest BCUT2D eigenvalue weighted by Gasteiger charge is 2.39. The SMILES string of the molecule is CC(C(=O)O)c1cccc(CC2(O)CCCC2=O)c1. The number of Topliss-reactive ketones (excluding diaryl/α,β-unsaturated/α-hetero) is 1. The molecule has 0 aliphatic heterocycles. The van der Waals surface area contributed by atoms with Gasteiger partial charge in [-0.2, -0.15) is 0 Å². The normalized spacial score (nSPS) is 24.4. The van der Waals surface area contributed by atoms with Gasteiger partial charge in [0.25, 0.3) is 0 Å². The van der Waals surface area contributed by atoms with E-state index in [0.717, 1.165) is 12.0 Å². The predicted molar refractivity (Wildman–Crippen MR) is 70.0 cm³/mol. The highest BCUT2D eigenvalue weighted by Crippen LogP contribution is 2.30. The fourth-order valence-electron chi connectivity index (χ4n) is 2.55. The van der Waals surface area contributed by atoms with E-state index in [1.54, 1.807) is 25.1 Å². The molecule has 0 aromatic heterocycles. The predicted octanol–water partition coefficient (Wildman–Crippen LogP) is 1.90. The standard InChI is InChI=1S/C15H18O4/c1-10(14(17)18)12-5-2-4-11(8-12)9-15(19)7-3-6-13(15)16/h2,4-5,8,10,19H,3,6-7,9H2,1H3,(H,17,18). The van der Waals surface area contributed by atoms with Crippen LogP contribution in [0.2, 0.25) is 0 Å². The number of aliphatic hydroxyl groups is 1. The van der Waals surface area contributed by atoms with Crippen molar-refractivity contribution in [2.75, 3.05) is 0 Å². The van der Waals surface area contributed by atoms with E-state index >= 15 is 0 Å². The second-order valence-corrected chi connectivity index (χ2v) is 5.29. The Morgan fingerprint density at radius 3 is 2.79 bits per heavy atom. The molecule has 1 aromatic rings. The molecule has 1 aromatic carbocycles. The van der Waals surface area contributed by atoms with E-state index in [-0.39, 0.29) is 12.2 Å². The highest BCUT2D eigenvalue weighted by molar-refractivity contribution is 5.89. The maximum Gasteiger partial charge on any atom is 0.310 e. The molecule has 0 bridgehead atoms. The van der Waals surface area contributed by atoms with E-state index in [4.69, 9.17) is 5.11 Å². The summed E-state index contributed by atoms with van der Waals surface area (Å²) in [7, 11) is 0. The van der Waals surface area contributed by atoms with Crippen molar-refractivity contribution in [1.29, 1.82) is 0 Å². The van der Waals surface area contributed by atoms with Crippen LogP contribution in [-0.2, 0) is 16.0 Å². The van der Waals surface area contributed by atoms with Gasteiger partial charge in [-0.1, -0.05) is 24.3 Å². The first-order chi connectivity index (χ1) is 8.92. The fourth-order valence-corrected chi connectivity index (χ4v) is 2.55. The Bertz CT molecular complexity index is 509. The van der Waals surface area contributed by atoms with Crippen molar-refractivity contribution in [2.45, 2.75) is 44.1 Å². The first kappa shape index (κ1) is 13.7. The van der Waals surface area contributed by atoms with E-state index in [1.807, 2.05) is 6.07 Å². The van der Waals surface area contributed by atoms with E-state index in [9.17, 15) is 14.7 Å². The lowest BCUT2D eigenvalue weighted by atomic mass is 9.90. The van der Waals surface area contributed by atoms with E-state index in [2.05, 4.69) is 0 Å². The Kier molecular flexibility index (Phi) is 3.71. The summed E-state index contributed by atoms with van der Waals surface area (Å²) in [6.07, 6.45) is 1.92. The molecule has 2 rings (SSSR count). The van der Waals surface area contributed by atoms with Gasteiger partial charge >= 0.3 is 5.97 Å². The molecule has 19 heavy (non-hydrogen) atoms. The van der Waals surface area contributed by atoms with Crippen molar-refractivity contribution >= 4 is 11.8 Å². The van der Waals surface area contributed by atoms with Crippen molar-refractivity contribution in [1.82, 2.24) is 0 Å². The lowest BCUT2D eigenvalue weighted by Gasteiger charge is -2.21. The van der Waals surface area contributed by atoms with Crippen molar-refractivity contribution in [3.63, 3.8) is 0 Å². The van der Waals surface area contributed by atoms with Gasteiger partial charge in [-0.05, 0) is 30.9 Å². The van der Waals surface area contributed by atoms with Gasteiger partial charge in [0.15, 0.2) is 5.78 Å². The summed E-state index contributed by atoms with van der Waals surface area (Å²) < 4.78 is 0. The zero-order valence-corrected chi connectivity index (χ0v) is 10.9. The molecular weight excluding hydrogens is 244 g/mol. The van der Waals surface area contributed by atoms with E-state index in [0.29, 0.717) is 18.4 Å². The maximum absolute atomic E-state index is 11.7. The number of carbonyl (C=O) groups is 2. The van der Waals surface area contributed by atoms with Crippen molar-refractivity contribution in [2.24, 2.45) is 0 Å². The third-order valence-corrected chi connectivity index (χ3v) is 3.83. The van der Waals surface area contributed by atoms with E-state index < -0.39 is 17.5 Å². The molecule has 1 fully saturated rings. The molecule has 1 saturated carbocycles. The minimum atomic E-state index is -1.26. The molecular formula is C15H18O4. The average molecular weight is 262 g/mol. The Labute approximate surface area is 112 Å². The summed E-state index contributed by atoms with van der Waals surface area (Å²) in [6.45, 7) is 1.62. The summed E-state index contributed by atoms with van der Waals surface area (Å²) in [5.41, 5.74) is 0.243. The molecule has 0 heterocycles. The Hall–Kier alpha value is -1.68. The first-order valence-corrected chi connectivity index (χ1v) is 6.50. The van der Waals surface area contributed by atoms with Gasteiger partial charge in [0.05, 0.1) is 5.92 Å². The van der Waals surface area contributed by atoms with Crippen LogP contribution in [0.1, 0.15) is 43.2 Å². The lowest BCUT2D eigenvalue weighted by molar-refractivity contribution is -0.138. The first-order valence-electron chi connectivity index (χ1n) is 6.50. The molecule has 0 saturated heterocycles. The van der Waals surface area contributed by atoms with Crippen LogP contribution in [0.5, 0.6) is 0 Å². The molecule has 1 aliphatic rings. The number of rotatable bonds is 4. The number of hydrogen-bond acceptors (Lipinski definition) is 3. The minimum Gasteiger partial charge on any atom is -0.481 e. The summed E-state index contributed by atoms with van der Waals surface area (Å²) in [4.78, 5) is 22.7. The van der Waals surface area contributed by atoms with Crippen LogP contribution >= 0.6 is 0 Å². The van der Waals surface area contributed by atoms with Gasteiger partial charge in [-0.3, -0.25) is 9.59 Å². The molecule has 4 nitrogen and oxygen atoms in total. The number of hydrogen-bond donors (Lipinski definition) is 2. The zero-order valence-electron chi connectivity index (χ0n) is 10.9. The monoisotopic (exact) mass is 262 g/mol. The largest absolute Gasteiger partial charge is 0.481 e. The van der Waals surface area contributed by atoms with Crippen molar-refractivity contribution in [3.8, 4) is 0 Å². The zero-order chi connectivity index (χ0) is 14.0. The van der Waals surface area contributed by atoms with Crippen LogP contribution in [0.15, 0.2) is 24.3 Å². The van der Waals surface area contributed by atoms with Crippen LogP contribution in [0.25, 0.3) is 0 Å². The molecule has 2 N–H and O–H groups in total. The van der Waals surface area contributed by atoms with Crippen LogP contribution in [0, 0.1) is 0 Å². The summed E-state index contributed by atoms with van der Waals surface area (Å²) in [5.74, 6) is -1.58. The minimum absolute atomic E-state index is 0.107. The van der Waals surface area contributed by atoms with Crippen LogP contribution in [-0.4, -0.2) is 27.6 Å². The molecule has 2 atom stereocenters. The van der Waals surface area contributed by atoms with Crippen molar-refractivity contribution in [3.05, 3.63) is 35.4 Å². The molecule has 0 spiro atoms. The average Bonchev–Trinajstić information content (AvgIpc) is 2.68. The summed E-state index contributed by atoms with van der Waals surface area (Å²) in [5, 5.41) is 19.3. The quantitative estimate of drug-likeness (QED) is 0.869.